The first kappa shape index (κ1) is 26.2. The molecule has 4 N–H and O–H groups in total. The average molecular weight is 441 g/mol. The van der Waals surface area contributed by atoms with Gasteiger partial charge in [-0.05, 0) is 58.1 Å². The number of primary amides is 1. The minimum atomic E-state index is -0.840. The van der Waals surface area contributed by atoms with Gasteiger partial charge in [0.2, 0.25) is 5.91 Å². The van der Waals surface area contributed by atoms with Crippen LogP contribution in [0, 0.1) is 5.82 Å². The van der Waals surface area contributed by atoms with Gasteiger partial charge in [-0.2, -0.15) is 0 Å². The van der Waals surface area contributed by atoms with Crippen LogP contribution in [-0.2, 0) is 20.7 Å². The molecule has 1 aromatic rings. The summed E-state index contributed by atoms with van der Waals surface area (Å²) in [5, 5.41) is 11.3. The first-order valence-electron chi connectivity index (χ1n) is 10.4. The van der Waals surface area contributed by atoms with Gasteiger partial charge in [-0.25, -0.2) is 9.18 Å². The Hall–Kier alpha value is -2.84. The van der Waals surface area contributed by atoms with Crippen molar-refractivity contribution >= 4 is 18.0 Å². The van der Waals surface area contributed by atoms with Crippen LogP contribution >= 0.6 is 0 Å². The van der Waals surface area contributed by atoms with E-state index in [-0.39, 0.29) is 31.6 Å². The summed E-state index contributed by atoms with van der Waals surface area (Å²) in [4.78, 5) is 33.7. The summed E-state index contributed by atoms with van der Waals surface area (Å²) in [5.74, 6) is -1.82. The molecule has 1 atom stereocenters. The molecule has 31 heavy (non-hydrogen) atoms. The van der Waals surface area contributed by atoms with Crippen molar-refractivity contribution in [2.24, 2.45) is 5.73 Å². The van der Waals surface area contributed by atoms with Crippen LogP contribution in [0.4, 0.5) is 9.18 Å². The second kappa shape index (κ2) is 12.8. The molecule has 0 radical (unpaired) electrons. The topological polar surface area (TPSA) is 128 Å². The summed E-state index contributed by atoms with van der Waals surface area (Å²) in [6, 6.07) is 4.22. The molecule has 9 heteroatoms. The zero-order valence-corrected chi connectivity index (χ0v) is 18.4. The number of aryl methyl sites for hydroxylation is 1. The van der Waals surface area contributed by atoms with Crippen molar-refractivity contribution in [2.75, 3.05) is 6.61 Å². The fraction of sp³-hybridized carbons (Fsp3) is 0.591. The number of alkyl carbamates (subject to hydrolysis) is 1. The van der Waals surface area contributed by atoms with Gasteiger partial charge in [0.15, 0.2) is 11.6 Å². The number of unbranched alkanes of at least 4 members (excludes halogenated alkanes) is 2. The van der Waals surface area contributed by atoms with Gasteiger partial charge >= 0.3 is 12.1 Å². The summed E-state index contributed by atoms with van der Waals surface area (Å²) in [6.45, 7) is 5.11. The van der Waals surface area contributed by atoms with E-state index in [9.17, 15) is 18.8 Å². The Morgan fingerprint density at radius 3 is 2.48 bits per heavy atom. The van der Waals surface area contributed by atoms with E-state index in [1.807, 2.05) is 0 Å². The molecule has 0 aliphatic carbocycles. The molecule has 174 valence electrons. The smallest absolute Gasteiger partial charge is 0.407 e. The lowest BCUT2D eigenvalue weighted by Crippen LogP contribution is -2.42. The molecule has 0 aliphatic heterocycles. The van der Waals surface area contributed by atoms with Crippen molar-refractivity contribution < 1.29 is 33.4 Å². The van der Waals surface area contributed by atoms with Gasteiger partial charge in [0.1, 0.15) is 12.2 Å². The third kappa shape index (κ3) is 11.8. The summed E-state index contributed by atoms with van der Waals surface area (Å²) in [5.41, 5.74) is 4.98. The Balaban J connectivity index is 2.68. The zero-order valence-electron chi connectivity index (χ0n) is 18.4. The van der Waals surface area contributed by atoms with Crippen LogP contribution in [-0.4, -0.2) is 41.3 Å². The summed E-state index contributed by atoms with van der Waals surface area (Å²) >= 11 is 0. The molecule has 1 rings (SSSR count). The van der Waals surface area contributed by atoms with E-state index in [4.69, 9.17) is 20.3 Å². The van der Waals surface area contributed by atoms with Gasteiger partial charge in [0.05, 0.1) is 6.04 Å². The van der Waals surface area contributed by atoms with Gasteiger partial charge in [-0.1, -0.05) is 18.6 Å². The van der Waals surface area contributed by atoms with Crippen molar-refractivity contribution in [1.82, 2.24) is 5.32 Å². The van der Waals surface area contributed by atoms with Gasteiger partial charge in [-0.15, -0.1) is 0 Å². The number of rotatable bonds is 13. The number of halogens is 1. The van der Waals surface area contributed by atoms with Gasteiger partial charge in [0.25, 0.3) is 0 Å². The molecule has 1 aromatic carbocycles. The van der Waals surface area contributed by atoms with Crippen molar-refractivity contribution in [3.63, 3.8) is 0 Å². The molecule has 0 saturated carbocycles. The van der Waals surface area contributed by atoms with E-state index in [2.05, 4.69) is 5.32 Å². The maximum atomic E-state index is 14.8. The Morgan fingerprint density at radius 1 is 1.16 bits per heavy atom. The van der Waals surface area contributed by atoms with Crippen LogP contribution in [0.5, 0.6) is 5.75 Å². The highest BCUT2D eigenvalue weighted by Gasteiger charge is 2.21. The van der Waals surface area contributed by atoms with Crippen molar-refractivity contribution in [1.29, 1.82) is 0 Å². The number of carbonyl (C=O) groups is 3. The SMILES string of the molecule is CC(C)(C)OC(=O)NC(CCC(N)=O)COc1cccc(CCCCCC(=O)O)c1F. The van der Waals surface area contributed by atoms with E-state index in [0.717, 1.165) is 0 Å². The van der Waals surface area contributed by atoms with E-state index in [1.54, 1.807) is 32.9 Å². The second-order valence-corrected chi connectivity index (χ2v) is 8.34. The van der Waals surface area contributed by atoms with Crippen LogP contribution in [0.15, 0.2) is 18.2 Å². The molecule has 2 amide bonds. The van der Waals surface area contributed by atoms with Crippen LogP contribution in [0.25, 0.3) is 0 Å². The molecule has 0 saturated heterocycles. The first-order chi connectivity index (χ1) is 14.5. The molecule has 0 aliphatic rings. The number of ether oxygens (including phenoxy) is 2. The number of carboxylic acid groups (broad SMARTS) is 1. The van der Waals surface area contributed by atoms with Crippen LogP contribution in [0.2, 0.25) is 0 Å². The quantitative estimate of drug-likeness (QED) is 0.403. The zero-order chi connectivity index (χ0) is 23.4. The van der Waals surface area contributed by atoms with E-state index in [1.165, 1.54) is 6.07 Å². The number of amides is 2. The fourth-order valence-electron chi connectivity index (χ4n) is 2.81. The van der Waals surface area contributed by atoms with Crippen LogP contribution in [0.1, 0.15) is 64.9 Å². The highest BCUT2D eigenvalue weighted by molar-refractivity contribution is 5.74. The third-order valence-corrected chi connectivity index (χ3v) is 4.28. The number of nitrogens with one attached hydrogen (secondary N) is 1. The van der Waals surface area contributed by atoms with Gasteiger partial charge < -0.3 is 25.6 Å². The number of carbonyl (C=O) groups excluding carboxylic acids is 2. The standard InChI is InChI=1S/C22H33FN2O6/c1-22(2,3)31-21(29)25-16(12-13-18(24)26)14-30-17-10-7-9-15(20(17)23)8-5-4-6-11-19(27)28/h7,9-10,16H,4-6,8,11-14H2,1-3H3,(H2,24,26)(H,25,29)(H,27,28). The Labute approximate surface area is 182 Å². The summed E-state index contributed by atoms with van der Waals surface area (Å²) < 4.78 is 25.6. The Morgan fingerprint density at radius 2 is 1.87 bits per heavy atom. The normalized spacial score (nSPS) is 12.1. The fourth-order valence-corrected chi connectivity index (χ4v) is 2.81. The lowest BCUT2D eigenvalue weighted by molar-refractivity contribution is -0.137. The van der Waals surface area contributed by atoms with E-state index in [0.29, 0.717) is 31.2 Å². The second-order valence-electron chi connectivity index (χ2n) is 8.34. The van der Waals surface area contributed by atoms with E-state index >= 15 is 0 Å². The maximum absolute atomic E-state index is 14.8. The molecule has 0 heterocycles. The van der Waals surface area contributed by atoms with Crippen molar-refractivity contribution in [3.05, 3.63) is 29.6 Å². The number of hydrogen-bond acceptors (Lipinski definition) is 5. The monoisotopic (exact) mass is 440 g/mol. The summed E-state index contributed by atoms with van der Waals surface area (Å²) in [6.07, 6.45) is 2.04. The predicted octanol–water partition coefficient (Wildman–Crippen LogP) is 3.55. The molecule has 1 unspecified atom stereocenters. The number of carboxylic acids is 1. The average Bonchev–Trinajstić information content (AvgIpc) is 2.63. The Kier molecular flexibility index (Phi) is 10.8. The first-order valence-corrected chi connectivity index (χ1v) is 10.4. The van der Waals surface area contributed by atoms with Crippen molar-refractivity contribution in [3.8, 4) is 5.75 Å². The maximum Gasteiger partial charge on any atom is 0.407 e. The van der Waals surface area contributed by atoms with E-state index < -0.39 is 35.4 Å². The number of nitrogens with two attached hydrogens (primary N) is 1. The Bertz CT molecular complexity index is 748. The molecule has 0 bridgehead atoms. The number of benzene rings is 1. The largest absolute Gasteiger partial charge is 0.488 e. The lowest BCUT2D eigenvalue weighted by atomic mass is 10.1. The molecule has 0 aromatic heterocycles. The minimum absolute atomic E-state index is 0.0304. The molecular formula is C22H33FN2O6. The molecular weight excluding hydrogens is 407 g/mol. The summed E-state index contributed by atoms with van der Waals surface area (Å²) in [7, 11) is 0. The van der Waals surface area contributed by atoms with Gasteiger partial charge in [-0.3, -0.25) is 9.59 Å². The molecule has 0 fully saturated rings. The molecule has 8 nitrogen and oxygen atoms in total. The number of hydrogen-bond donors (Lipinski definition) is 3. The highest BCUT2D eigenvalue weighted by atomic mass is 19.1. The predicted molar refractivity (Wildman–Crippen MR) is 113 cm³/mol. The van der Waals surface area contributed by atoms with Gasteiger partial charge in [0, 0.05) is 12.8 Å². The number of aliphatic carboxylic acids is 1. The van der Waals surface area contributed by atoms with Crippen LogP contribution < -0.4 is 15.8 Å². The lowest BCUT2D eigenvalue weighted by Gasteiger charge is -2.24. The highest BCUT2D eigenvalue weighted by Crippen LogP contribution is 2.23. The van der Waals surface area contributed by atoms with Crippen molar-refractivity contribution in [2.45, 2.75) is 77.4 Å². The molecule has 0 spiro atoms. The van der Waals surface area contributed by atoms with Crippen LogP contribution in [0.3, 0.4) is 0 Å². The third-order valence-electron chi connectivity index (χ3n) is 4.28. The minimum Gasteiger partial charge on any atom is -0.488 e.